The summed E-state index contributed by atoms with van der Waals surface area (Å²) in [5.41, 5.74) is 6.58. The van der Waals surface area contributed by atoms with Crippen molar-refractivity contribution in [2.24, 2.45) is 5.73 Å². The van der Waals surface area contributed by atoms with E-state index in [9.17, 15) is 8.42 Å². The van der Waals surface area contributed by atoms with Gasteiger partial charge in [-0.1, -0.05) is 6.92 Å². The van der Waals surface area contributed by atoms with E-state index in [4.69, 9.17) is 5.73 Å². The smallest absolute Gasteiger partial charge is 0.242 e. The van der Waals surface area contributed by atoms with E-state index in [0.29, 0.717) is 30.6 Å². The van der Waals surface area contributed by atoms with Crippen LogP contribution in [0.2, 0.25) is 0 Å². The Kier molecular flexibility index (Phi) is 4.85. The molecule has 0 amide bonds. The first kappa shape index (κ1) is 15.5. The first-order valence-corrected chi connectivity index (χ1v) is 8.55. The zero-order chi connectivity index (χ0) is 14.8. The summed E-state index contributed by atoms with van der Waals surface area (Å²) < 4.78 is 29.1. The molecule has 20 heavy (non-hydrogen) atoms. The quantitative estimate of drug-likeness (QED) is 0.733. The lowest BCUT2D eigenvalue weighted by molar-refractivity contribution is 0.358. The van der Waals surface area contributed by atoms with Crippen LogP contribution in [0.4, 0.5) is 0 Å². The minimum atomic E-state index is -3.43. The molecule has 0 radical (unpaired) electrons. The zero-order valence-corrected chi connectivity index (χ0v) is 13.0. The van der Waals surface area contributed by atoms with Crippen LogP contribution in [0.1, 0.15) is 31.5 Å². The summed E-state index contributed by atoms with van der Waals surface area (Å²) in [4.78, 5) is 2.38. The predicted octanol–water partition coefficient (Wildman–Crippen LogP) is 0.512. The van der Waals surface area contributed by atoms with Crippen LogP contribution in [0.15, 0.2) is 17.2 Å². The van der Waals surface area contributed by atoms with Crippen LogP contribution in [0.3, 0.4) is 0 Å². The van der Waals surface area contributed by atoms with Crippen molar-refractivity contribution in [3.63, 3.8) is 0 Å². The standard InChI is InChI=1S/C13H24N4O2S/c1-3-16(2)7-6-15-20(18,19)13-8-12(9-14)17(10-13)11-4-5-11/h8,10-11,15H,3-7,9,14H2,1-2H3. The van der Waals surface area contributed by atoms with E-state index >= 15 is 0 Å². The lowest BCUT2D eigenvalue weighted by Gasteiger charge is -2.13. The van der Waals surface area contributed by atoms with Gasteiger partial charge in [0.2, 0.25) is 10.0 Å². The highest BCUT2D eigenvalue weighted by atomic mass is 32.2. The Morgan fingerprint density at radius 2 is 2.20 bits per heavy atom. The summed E-state index contributed by atoms with van der Waals surface area (Å²) in [6.45, 7) is 4.42. The topological polar surface area (TPSA) is 80.4 Å². The number of likely N-dealkylation sites (N-methyl/N-ethyl adjacent to an activating group) is 1. The first-order valence-electron chi connectivity index (χ1n) is 7.07. The zero-order valence-electron chi connectivity index (χ0n) is 12.2. The van der Waals surface area contributed by atoms with Gasteiger partial charge in [-0.15, -0.1) is 0 Å². The fraction of sp³-hybridized carbons (Fsp3) is 0.692. The van der Waals surface area contributed by atoms with E-state index in [0.717, 1.165) is 25.1 Å². The molecule has 7 heteroatoms. The molecule has 2 rings (SSSR count). The van der Waals surface area contributed by atoms with Crippen molar-refractivity contribution >= 4 is 10.0 Å². The third-order valence-corrected chi connectivity index (χ3v) is 5.12. The Balaban J connectivity index is 2.05. The van der Waals surface area contributed by atoms with Crippen molar-refractivity contribution in [1.29, 1.82) is 0 Å². The van der Waals surface area contributed by atoms with Gasteiger partial charge < -0.3 is 15.2 Å². The molecule has 1 heterocycles. The van der Waals surface area contributed by atoms with Gasteiger partial charge in [0, 0.05) is 37.6 Å². The van der Waals surface area contributed by atoms with Gasteiger partial charge in [-0.05, 0) is 32.5 Å². The van der Waals surface area contributed by atoms with Crippen molar-refractivity contribution in [2.45, 2.75) is 37.2 Å². The van der Waals surface area contributed by atoms with E-state index < -0.39 is 10.0 Å². The van der Waals surface area contributed by atoms with Crippen LogP contribution in [0, 0.1) is 0 Å². The summed E-state index contributed by atoms with van der Waals surface area (Å²) in [5, 5.41) is 0. The van der Waals surface area contributed by atoms with Gasteiger partial charge in [-0.25, -0.2) is 13.1 Å². The molecular weight excluding hydrogens is 276 g/mol. The Bertz CT molecular complexity index is 549. The summed E-state index contributed by atoms with van der Waals surface area (Å²) in [7, 11) is -1.47. The number of rotatable bonds is 8. The van der Waals surface area contributed by atoms with Gasteiger partial charge in [0.05, 0.1) is 4.90 Å². The van der Waals surface area contributed by atoms with Gasteiger partial charge >= 0.3 is 0 Å². The predicted molar refractivity (Wildman–Crippen MR) is 79.0 cm³/mol. The lowest BCUT2D eigenvalue weighted by atomic mass is 10.4. The third-order valence-electron chi connectivity index (χ3n) is 3.69. The second kappa shape index (κ2) is 6.26. The second-order valence-electron chi connectivity index (χ2n) is 5.30. The van der Waals surface area contributed by atoms with Crippen LogP contribution in [-0.2, 0) is 16.6 Å². The Labute approximate surface area is 121 Å². The van der Waals surface area contributed by atoms with Crippen molar-refractivity contribution in [3.05, 3.63) is 18.0 Å². The molecule has 0 bridgehead atoms. The molecule has 1 aliphatic carbocycles. The van der Waals surface area contributed by atoms with Crippen LogP contribution in [0.25, 0.3) is 0 Å². The molecule has 0 aromatic carbocycles. The molecule has 0 saturated heterocycles. The van der Waals surface area contributed by atoms with Gasteiger partial charge in [-0.3, -0.25) is 0 Å². The molecule has 6 nitrogen and oxygen atoms in total. The molecule has 1 fully saturated rings. The molecule has 1 aliphatic rings. The molecule has 1 aromatic rings. The number of aromatic nitrogens is 1. The average Bonchev–Trinajstić information content (AvgIpc) is 3.16. The second-order valence-corrected chi connectivity index (χ2v) is 7.07. The average molecular weight is 300 g/mol. The summed E-state index contributed by atoms with van der Waals surface area (Å²) >= 11 is 0. The molecule has 0 spiro atoms. The van der Waals surface area contributed by atoms with Crippen LogP contribution < -0.4 is 10.5 Å². The van der Waals surface area contributed by atoms with Gasteiger partial charge in [0.25, 0.3) is 0 Å². The molecule has 3 N–H and O–H groups in total. The van der Waals surface area contributed by atoms with Gasteiger partial charge in [-0.2, -0.15) is 0 Å². The Morgan fingerprint density at radius 1 is 1.50 bits per heavy atom. The monoisotopic (exact) mass is 300 g/mol. The minimum absolute atomic E-state index is 0.323. The molecular formula is C13H24N4O2S. The molecule has 1 aromatic heterocycles. The number of nitrogens with zero attached hydrogens (tertiary/aromatic N) is 2. The maximum atomic E-state index is 12.2. The maximum Gasteiger partial charge on any atom is 0.242 e. The third kappa shape index (κ3) is 3.60. The molecule has 0 unspecified atom stereocenters. The SMILES string of the molecule is CCN(C)CCNS(=O)(=O)c1cc(CN)n(C2CC2)c1. The van der Waals surface area contributed by atoms with Crippen LogP contribution in [0.5, 0.6) is 0 Å². The summed E-state index contributed by atoms with van der Waals surface area (Å²) in [6.07, 6.45) is 3.93. The van der Waals surface area contributed by atoms with E-state index in [-0.39, 0.29) is 0 Å². The van der Waals surface area contributed by atoms with Crippen molar-refractivity contribution < 1.29 is 8.42 Å². The van der Waals surface area contributed by atoms with Crippen molar-refractivity contribution in [1.82, 2.24) is 14.2 Å². The Morgan fingerprint density at radius 3 is 2.75 bits per heavy atom. The Hall–Kier alpha value is -0.890. The normalized spacial score (nSPS) is 16.0. The van der Waals surface area contributed by atoms with Crippen LogP contribution >= 0.6 is 0 Å². The molecule has 0 atom stereocenters. The van der Waals surface area contributed by atoms with Crippen LogP contribution in [-0.4, -0.2) is 44.6 Å². The number of nitrogens with two attached hydrogens (primary N) is 1. The lowest BCUT2D eigenvalue weighted by Crippen LogP contribution is -2.32. The fourth-order valence-electron chi connectivity index (χ4n) is 2.11. The van der Waals surface area contributed by atoms with E-state index in [1.807, 2.05) is 18.5 Å². The fourth-order valence-corrected chi connectivity index (χ4v) is 3.18. The highest BCUT2D eigenvalue weighted by molar-refractivity contribution is 7.89. The van der Waals surface area contributed by atoms with E-state index in [1.165, 1.54) is 0 Å². The highest BCUT2D eigenvalue weighted by Gasteiger charge is 2.27. The highest BCUT2D eigenvalue weighted by Crippen LogP contribution is 2.37. The van der Waals surface area contributed by atoms with Gasteiger partial charge in [0.15, 0.2) is 0 Å². The van der Waals surface area contributed by atoms with E-state index in [2.05, 4.69) is 9.62 Å². The van der Waals surface area contributed by atoms with Crippen molar-refractivity contribution in [2.75, 3.05) is 26.7 Å². The number of hydrogen-bond acceptors (Lipinski definition) is 4. The van der Waals surface area contributed by atoms with E-state index in [1.54, 1.807) is 12.3 Å². The maximum absolute atomic E-state index is 12.2. The summed E-state index contributed by atoms with van der Waals surface area (Å²) in [6, 6.07) is 2.12. The summed E-state index contributed by atoms with van der Waals surface area (Å²) in [5.74, 6) is 0. The van der Waals surface area contributed by atoms with Gasteiger partial charge in [0.1, 0.15) is 0 Å². The minimum Gasteiger partial charge on any atom is -0.346 e. The van der Waals surface area contributed by atoms with Crippen molar-refractivity contribution in [3.8, 4) is 0 Å². The first-order chi connectivity index (χ1) is 9.47. The molecule has 1 saturated carbocycles. The number of hydrogen-bond donors (Lipinski definition) is 2. The largest absolute Gasteiger partial charge is 0.346 e. The number of nitrogens with one attached hydrogen (secondary N) is 1. The molecule has 0 aliphatic heterocycles. The molecule has 114 valence electrons. The number of sulfonamides is 1.